The minimum absolute atomic E-state index is 0.0533. The largest absolute Gasteiger partial charge is 0.497 e. The van der Waals surface area contributed by atoms with Crippen molar-refractivity contribution >= 4 is 0 Å². The maximum absolute atomic E-state index is 6.14. The maximum Gasteiger partial charge on any atom is 0.119 e. The number of nitrogens with two attached hydrogens (primary N) is 1. The lowest BCUT2D eigenvalue weighted by atomic mass is 10.0. The van der Waals surface area contributed by atoms with E-state index in [1.807, 2.05) is 18.2 Å². The van der Waals surface area contributed by atoms with Gasteiger partial charge in [0.15, 0.2) is 0 Å². The van der Waals surface area contributed by atoms with E-state index in [9.17, 15) is 0 Å². The zero-order valence-electron chi connectivity index (χ0n) is 10.2. The highest BCUT2D eigenvalue weighted by Gasteiger charge is 2.14. The molecule has 3 heteroatoms. The Morgan fingerprint density at radius 3 is 3.06 bits per heavy atom. The highest BCUT2D eigenvalue weighted by atomic mass is 16.5. The summed E-state index contributed by atoms with van der Waals surface area (Å²) in [5.74, 6) is 1.80. The van der Waals surface area contributed by atoms with Crippen molar-refractivity contribution in [1.29, 1.82) is 0 Å². The van der Waals surface area contributed by atoms with Crippen LogP contribution in [-0.2, 0) is 11.2 Å². The number of rotatable bonds is 4. The average Bonchev–Trinajstić information content (AvgIpc) is 2.40. The van der Waals surface area contributed by atoms with Crippen molar-refractivity contribution in [1.82, 2.24) is 0 Å². The van der Waals surface area contributed by atoms with Gasteiger partial charge in [0.1, 0.15) is 11.5 Å². The summed E-state index contributed by atoms with van der Waals surface area (Å²) in [6.07, 6.45) is 5.05. The van der Waals surface area contributed by atoms with Gasteiger partial charge in [0, 0.05) is 0 Å². The van der Waals surface area contributed by atoms with Gasteiger partial charge in [0.05, 0.1) is 19.8 Å². The van der Waals surface area contributed by atoms with Crippen LogP contribution < -0.4 is 10.5 Å². The van der Waals surface area contributed by atoms with E-state index in [0.717, 1.165) is 37.4 Å². The Hall–Kier alpha value is -1.48. The summed E-state index contributed by atoms with van der Waals surface area (Å²) in [5.41, 5.74) is 7.31. The molecule has 0 aliphatic carbocycles. The van der Waals surface area contributed by atoms with Crippen LogP contribution in [0.1, 0.15) is 18.4 Å². The lowest BCUT2D eigenvalue weighted by Crippen LogP contribution is -2.28. The number of methoxy groups -OCH3 is 1. The molecule has 0 aromatic heterocycles. The topological polar surface area (TPSA) is 44.5 Å². The van der Waals surface area contributed by atoms with Crippen LogP contribution in [0.5, 0.6) is 5.75 Å². The molecule has 1 aromatic rings. The van der Waals surface area contributed by atoms with Crippen molar-refractivity contribution in [3.05, 3.63) is 41.7 Å². The van der Waals surface area contributed by atoms with Crippen LogP contribution in [0.3, 0.4) is 0 Å². The number of benzene rings is 1. The molecular formula is C14H19NO2. The van der Waals surface area contributed by atoms with Crippen LogP contribution >= 0.6 is 0 Å². The molecule has 17 heavy (non-hydrogen) atoms. The Bertz CT molecular complexity index is 401. The molecule has 3 nitrogen and oxygen atoms in total. The summed E-state index contributed by atoms with van der Waals surface area (Å²) in [7, 11) is 1.67. The quantitative estimate of drug-likeness (QED) is 0.867. The Morgan fingerprint density at radius 2 is 2.35 bits per heavy atom. The fraction of sp³-hybridized carbons (Fsp3) is 0.429. The van der Waals surface area contributed by atoms with E-state index in [-0.39, 0.29) is 6.04 Å². The van der Waals surface area contributed by atoms with Crippen molar-refractivity contribution < 1.29 is 9.47 Å². The molecule has 92 valence electrons. The molecule has 2 rings (SSSR count). The second-order valence-electron chi connectivity index (χ2n) is 4.26. The van der Waals surface area contributed by atoms with Gasteiger partial charge in [-0.2, -0.15) is 0 Å². The van der Waals surface area contributed by atoms with Gasteiger partial charge in [-0.1, -0.05) is 12.1 Å². The highest BCUT2D eigenvalue weighted by Crippen LogP contribution is 2.18. The molecule has 0 amide bonds. The molecule has 1 aromatic carbocycles. The van der Waals surface area contributed by atoms with E-state index in [4.69, 9.17) is 15.2 Å². The SMILES string of the molecule is COc1cccc(CC(N)C2=CCCCO2)c1. The third kappa shape index (κ3) is 3.24. The monoisotopic (exact) mass is 233 g/mol. The van der Waals surface area contributed by atoms with Crippen LogP contribution in [0.2, 0.25) is 0 Å². The summed E-state index contributed by atoms with van der Waals surface area (Å²) < 4.78 is 10.8. The summed E-state index contributed by atoms with van der Waals surface area (Å²) in [6, 6.07) is 7.94. The second-order valence-corrected chi connectivity index (χ2v) is 4.26. The van der Waals surface area contributed by atoms with Crippen LogP contribution in [0.4, 0.5) is 0 Å². The van der Waals surface area contributed by atoms with Crippen LogP contribution in [0.25, 0.3) is 0 Å². The number of hydrogen-bond donors (Lipinski definition) is 1. The third-order valence-electron chi connectivity index (χ3n) is 2.92. The van der Waals surface area contributed by atoms with E-state index < -0.39 is 0 Å². The lowest BCUT2D eigenvalue weighted by molar-refractivity contribution is 0.175. The number of ether oxygens (including phenoxy) is 2. The van der Waals surface area contributed by atoms with Crippen LogP contribution in [0.15, 0.2) is 36.1 Å². The zero-order valence-corrected chi connectivity index (χ0v) is 10.2. The first-order chi connectivity index (χ1) is 8.29. The molecule has 0 saturated carbocycles. The second kappa shape index (κ2) is 5.73. The van der Waals surface area contributed by atoms with E-state index >= 15 is 0 Å². The van der Waals surface area contributed by atoms with Gasteiger partial charge in [-0.05, 0) is 43.0 Å². The van der Waals surface area contributed by atoms with E-state index in [1.54, 1.807) is 7.11 Å². The molecule has 1 aliphatic heterocycles. The van der Waals surface area contributed by atoms with Crippen molar-refractivity contribution in [3.63, 3.8) is 0 Å². The van der Waals surface area contributed by atoms with Gasteiger partial charge < -0.3 is 15.2 Å². The van der Waals surface area contributed by atoms with E-state index in [2.05, 4.69) is 12.1 Å². The van der Waals surface area contributed by atoms with Crippen molar-refractivity contribution in [2.24, 2.45) is 5.73 Å². The molecule has 1 aliphatic rings. The summed E-state index contributed by atoms with van der Waals surface area (Å²) in [4.78, 5) is 0. The van der Waals surface area contributed by atoms with Crippen molar-refractivity contribution in [2.75, 3.05) is 13.7 Å². The molecule has 0 radical (unpaired) electrons. The van der Waals surface area contributed by atoms with Gasteiger partial charge in [-0.15, -0.1) is 0 Å². The van der Waals surface area contributed by atoms with E-state index in [1.165, 1.54) is 5.56 Å². The molecule has 0 fully saturated rings. The summed E-state index contributed by atoms with van der Waals surface area (Å²) >= 11 is 0. The lowest BCUT2D eigenvalue weighted by Gasteiger charge is -2.20. The van der Waals surface area contributed by atoms with Gasteiger partial charge in [0.2, 0.25) is 0 Å². The number of allylic oxidation sites excluding steroid dienone is 1. The van der Waals surface area contributed by atoms with Crippen LogP contribution in [0, 0.1) is 0 Å². The fourth-order valence-electron chi connectivity index (χ4n) is 1.99. The highest BCUT2D eigenvalue weighted by molar-refractivity contribution is 5.29. The minimum atomic E-state index is -0.0533. The molecule has 1 heterocycles. The molecule has 0 bridgehead atoms. The van der Waals surface area contributed by atoms with Gasteiger partial charge >= 0.3 is 0 Å². The molecule has 0 spiro atoms. The first kappa shape index (κ1) is 12.0. The maximum atomic E-state index is 6.14. The normalized spacial score (nSPS) is 16.9. The summed E-state index contributed by atoms with van der Waals surface area (Å²) in [5, 5.41) is 0. The Kier molecular flexibility index (Phi) is 4.04. The average molecular weight is 233 g/mol. The standard InChI is InChI=1S/C14H19NO2/c1-16-12-6-4-5-11(9-12)10-13(15)14-7-2-3-8-17-14/h4-7,9,13H,2-3,8,10,15H2,1H3. The molecule has 0 saturated heterocycles. The first-order valence-corrected chi connectivity index (χ1v) is 6.01. The molecule has 1 unspecified atom stereocenters. The van der Waals surface area contributed by atoms with Crippen molar-refractivity contribution in [2.45, 2.75) is 25.3 Å². The van der Waals surface area contributed by atoms with Gasteiger partial charge in [-0.3, -0.25) is 0 Å². The third-order valence-corrected chi connectivity index (χ3v) is 2.92. The fourth-order valence-corrected chi connectivity index (χ4v) is 1.99. The van der Waals surface area contributed by atoms with E-state index in [0.29, 0.717) is 0 Å². The Morgan fingerprint density at radius 1 is 1.47 bits per heavy atom. The predicted octanol–water partition coefficient (Wildman–Crippen LogP) is 2.26. The smallest absolute Gasteiger partial charge is 0.119 e. The number of hydrogen-bond acceptors (Lipinski definition) is 3. The van der Waals surface area contributed by atoms with Gasteiger partial charge in [-0.25, -0.2) is 0 Å². The van der Waals surface area contributed by atoms with Crippen LogP contribution in [-0.4, -0.2) is 19.8 Å². The molecular weight excluding hydrogens is 214 g/mol. The predicted molar refractivity (Wildman–Crippen MR) is 67.9 cm³/mol. The van der Waals surface area contributed by atoms with Crippen molar-refractivity contribution in [3.8, 4) is 5.75 Å². The molecule has 2 N–H and O–H groups in total. The molecule has 1 atom stereocenters. The minimum Gasteiger partial charge on any atom is -0.497 e. The first-order valence-electron chi connectivity index (χ1n) is 6.01. The Labute approximate surface area is 102 Å². The Balaban J connectivity index is 2.01. The zero-order chi connectivity index (χ0) is 12.1. The summed E-state index contributed by atoms with van der Waals surface area (Å²) in [6.45, 7) is 0.789. The van der Waals surface area contributed by atoms with Gasteiger partial charge in [0.25, 0.3) is 0 Å².